The highest BCUT2D eigenvalue weighted by Gasteiger charge is 2.28. The topological polar surface area (TPSA) is 78.9 Å². The Bertz CT molecular complexity index is 1200. The second-order valence-electron chi connectivity index (χ2n) is 7.13. The Morgan fingerprint density at radius 3 is 2.83 bits per heavy atom. The van der Waals surface area contributed by atoms with Crippen LogP contribution in [-0.2, 0) is 17.9 Å². The predicted octanol–water partition coefficient (Wildman–Crippen LogP) is 4.54. The van der Waals surface area contributed by atoms with Crippen LogP contribution < -0.4 is 0 Å². The molecular formula is C21H18ClN5O2. The second kappa shape index (κ2) is 7.09. The van der Waals surface area contributed by atoms with Gasteiger partial charge in [-0.15, -0.1) is 5.10 Å². The van der Waals surface area contributed by atoms with Crippen molar-refractivity contribution in [3.8, 4) is 23.0 Å². The molecule has 0 unspecified atom stereocenters. The van der Waals surface area contributed by atoms with E-state index in [1.54, 1.807) is 6.07 Å². The van der Waals surface area contributed by atoms with Crippen LogP contribution in [0.25, 0.3) is 23.0 Å². The zero-order valence-electron chi connectivity index (χ0n) is 16.0. The molecule has 4 aromatic rings. The molecule has 146 valence electrons. The van der Waals surface area contributed by atoms with E-state index in [2.05, 4.69) is 52.5 Å². The van der Waals surface area contributed by atoms with Crippen LogP contribution in [-0.4, -0.2) is 25.1 Å². The molecule has 2 aromatic heterocycles. The number of rotatable bonds is 3. The molecule has 0 bridgehead atoms. The van der Waals surface area contributed by atoms with Gasteiger partial charge in [-0.25, -0.2) is 4.68 Å². The van der Waals surface area contributed by atoms with E-state index < -0.39 is 0 Å². The number of hydrogen-bond donors (Lipinski definition) is 0. The van der Waals surface area contributed by atoms with Crippen molar-refractivity contribution in [3.05, 3.63) is 69.9 Å². The van der Waals surface area contributed by atoms with Gasteiger partial charge < -0.3 is 9.26 Å². The Morgan fingerprint density at radius 2 is 2.00 bits per heavy atom. The van der Waals surface area contributed by atoms with E-state index in [1.165, 1.54) is 11.1 Å². The van der Waals surface area contributed by atoms with E-state index in [0.29, 0.717) is 41.1 Å². The number of ether oxygens (including phenoxy) is 1. The number of aromatic nitrogens is 5. The lowest BCUT2D eigenvalue weighted by Gasteiger charge is -2.25. The monoisotopic (exact) mass is 407 g/mol. The maximum absolute atomic E-state index is 6.23. The van der Waals surface area contributed by atoms with Crippen molar-refractivity contribution in [2.75, 3.05) is 0 Å². The van der Waals surface area contributed by atoms with Gasteiger partial charge in [0.05, 0.1) is 23.9 Å². The van der Waals surface area contributed by atoms with Gasteiger partial charge in [0, 0.05) is 5.56 Å². The molecule has 0 saturated heterocycles. The van der Waals surface area contributed by atoms with E-state index in [4.69, 9.17) is 20.9 Å². The zero-order valence-corrected chi connectivity index (χ0v) is 16.7. The van der Waals surface area contributed by atoms with E-state index in [-0.39, 0.29) is 6.10 Å². The van der Waals surface area contributed by atoms with Crippen LogP contribution in [0, 0.1) is 13.8 Å². The van der Waals surface area contributed by atoms with Gasteiger partial charge in [-0.1, -0.05) is 57.9 Å². The maximum atomic E-state index is 6.23. The highest BCUT2D eigenvalue weighted by molar-refractivity contribution is 6.33. The molecular weight excluding hydrogens is 390 g/mol. The van der Waals surface area contributed by atoms with Gasteiger partial charge in [0.1, 0.15) is 6.10 Å². The summed E-state index contributed by atoms with van der Waals surface area (Å²) in [6.45, 7) is 5.13. The highest BCUT2D eigenvalue weighted by atomic mass is 35.5. The first-order chi connectivity index (χ1) is 14.1. The van der Waals surface area contributed by atoms with E-state index >= 15 is 0 Å². The summed E-state index contributed by atoms with van der Waals surface area (Å²) >= 11 is 6.23. The van der Waals surface area contributed by atoms with Gasteiger partial charge in [0.25, 0.3) is 5.89 Å². The summed E-state index contributed by atoms with van der Waals surface area (Å²) in [5.41, 5.74) is 5.67. The third kappa shape index (κ3) is 3.22. The summed E-state index contributed by atoms with van der Waals surface area (Å²) in [5, 5.41) is 13.2. The normalized spacial score (nSPS) is 16.0. The second-order valence-corrected chi connectivity index (χ2v) is 7.54. The third-order valence-electron chi connectivity index (χ3n) is 5.11. The lowest BCUT2D eigenvalue weighted by molar-refractivity contribution is -0.00153. The highest BCUT2D eigenvalue weighted by Crippen LogP contribution is 2.33. The van der Waals surface area contributed by atoms with Gasteiger partial charge in [-0.05, 0) is 37.1 Å². The first kappa shape index (κ1) is 18.0. The van der Waals surface area contributed by atoms with E-state index in [1.807, 2.05) is 22.9 Å². The molecule has 0 spiro atoms. The molecule has 1 aliphatic heterocycles. The fourth-order valence-corrected chi connectivity index (χ4v) is 3.84. The Balaban J connectivity index is 1.43. The standard InChI is InChI=1S/C21H18ClN5O2/c1-12-7-8-14(13(2)9-12)18-10-27-17(11-28-18)19(24-26-27)21-23-20(25-29-21)15-5-3-4-6-16(15)22/h3-9,18H,10-11H2,1-2H3/t18-/m0/s1. The van der Waals surface area contributed by atoms with Gasteiger partial charge in [-0.3, -0.25) is 0 Å². The largest absolute Gasteiger partial charge is 0.365 e. The van der Waals surface area contributed by atoms with Crippen molar-refractivity contribution in [1.29, 1.82) is 0 Å². The molecule has 0 aliphatic carbocycles. The van der Waals surface area contributed by atoms with Crippen molar-refractivity contribution in [3.63, 3.8) is 0 Å². The SMILES string of the molecule is Cc1ccc([C@@H]2Cn3nnc(-c4nc(-c5ccccc5Cl)no4)c3CO2)c(C)c1. The van der Waals surface area contributed by atoms with Crippen LogP contribution in [0.4, 0.5) is 0 Å². The molecule has 1 atom stereocenters. The van der Waals surface area contributed by atoms with Crippen LogP contribution >= 0.6 is 11.6 Å². The van der Waals surface area contributed by atoms with Crippen molar-refractivity contribution in [2.24, 2.45) is 0 Å². The van der Waals surface area contributed by atoms with Crippen molar-refractivity contribution in [1.82, 2.24) is 25.1 Å². The predicted molar refractivity (Wildman–Crippen MR) is 107 cm³/mol. The summed E-state index contributed by atoms with van der Waals surface area (Å²) in [6.07, 6.45) is -0.0704. The summed E-state index contributed by atoms with van der Waals surface area (Å²) in [4.78, 5) is 4.46. The van der Waals surface area contributed by atoms with Crippen LogP contribution in [0.15, 0.2) is 47.0 Å². The Morgan fingerprint density at radius 1 is 1.14 bits per heavy atom. The van der Waals surface area contributed by atoms with Crippen molar-refractivity contribution >= 4 is 11.6 Å². The summed E-state index contributed by atoms with van der Waals surface area (Å²) in [5.74, 6) is 0.715. The van der Waals surface area contributed by atoms with Crippen LogP contribution in [0.3, 0.4) is 0 Å². The van der Waals surface area contributed by atoms with Gasteiger partial charge in [-0.2, -0.15) is 4.98 Å². The molecule has 0 radical (unpaired) electrons. The Hall–Kier alpha value is -3.03. The lowest BCUT2D eigenvalue weighted by atomic mass is 10.0. The van der Waals surface area contributed by atoms with Crippen molar-refractivity contribution in [2.45, 2.75) is 33.1 Å². The number of hydrogen-bond acceptors (Lipinski definition) is 6. The molecule has 29 heavy (non-hydrogen) atoms. The zero-order chi connectivity index (χ0) is 20.0. The number of nitrogens with zero attached hydrogens (tertiary/aromatic N) is 5. The van der Waals surface area contributed by atoms with Crippen LogP contribution in [0.2, 0.25) is 5.02 Å². The summed E-state index contributed by atoms with van der Waals surface area (Å²) < 4.78 is 13.4. The third-order valence-corrected chi connectivity index (χ3v) is 5.44. The fourth-order valence-electron chi connectivity index (χ4n) is 3.62. The Kier molecular flexibility index (Phi) is 4.41. The van der Waals surface area contributed by atoms with Crippen molar-refractivity contribution < 1.29 is 9.26 Å². The average molecular weight is 408 g/mol. The number of fused-ring (bicyclic) bond motifs is 1. The molecule has 0 N–H and O–H groups in total. The molecule has 0 saturated carbocycles. The lowest BCUT2D eigenvalue weighted by Crippen LogP contribution is -2.22. The minimum Gasteiger partial charge on any atom is -0.365 e. The minimum atomic E-state index is -0.0704. The van der Waals surface area contributed by atoms with Gasteiger partial charge in [0.2, 0.25) is 5.82 Å². The molecule has 8 heteroatoms. The van der Waals surface area contributed by atoms with E-state index in [9.17, 15) is 0 Å². The smallest absolute Gasteiger partial charge is 0.280 e. The average Bonchev–Trinajstić information content (AvgIpc) is 3.34. The van der Waals surface area contributed by atoms with E-state index in [0.717, 1.165) is 11.3 Å². The summed E-state index contributed by atoms with van der Waals surface area (Å²) in [6, 6.07) is 13.7. The molecule has 5 rings (SSSR count). The van der Waals surface area contributed by atoms with Crippen LogP contribution in [0.1, 0.15) is 28.5 Å². The van der Waals surface area contributed by atoms with Gasteiger partial charge >= 0.3 is 0 Å². The molecule has 1 aliphatic rings. The summed E-state index contributed by atoms with van der Waals surface area (Å²) in [7, 11) is 0. The molecule has 3 heterocycles. The number of aryl methyl sites for hydroxylation is 2. The molecule has 0 fully saturated rings. The fraction of sp³-hybridized carbons (Fsp3) is 0.238. The maximum Gasteiger partial charge on any atom is 0.280 e. The molecule has 2 aromatic carbocycles. The quantitative estimate of drug-likeness (QED) is 0.496. The minimum absolute atomic E-state index is 0.0704. The first-order valence-electron chi connectivity index (χ1n) is 9.30. The first-order valence-corrected chi connectivity index (χ1v) is 9.68. The molecule has 7 nitrogen and oxygen atoms in total. The Labute approximate surface area is 172 Å². The van der Waals surface area contributed by atoms with Crippen LogP contribution in [0.5, 0.6) is 0 Å². The number of benzene rings is 2. The van der Waals surface area contributed by atoms with Gasteiger partial charge in [0.15, 0.2) is 5.69 Å². The number of halogens is 1. The molecule has 0 amide bonds.